The van der Waals surface area contributed by atoms with Gasteiger partial charge < -0.3 is 9.47 Å². The van der Waals surface area contributed by atoms with Crippen LogP contribution in [0, 0.1) is 12.7 Å². The second-order valence-corrected chi connectivity index (χ2v) is 4.36. The highest BCUT2D eigenvalue weighted by Crippen LogP contribution is 2.31. The van der Waals surface area contributed by atoms with Crippen LogP contribution in [0.15, 0.2) is 36.4 Å². The summed E-state index contributed by atoms with van der Waals surface area (Å²) in [6, 6.07) is 9.59. The van der Waals surface area contributed by atoms with Crippen LogP contribution in [-0.4, -0.2) is 13.4 Å². The SMILES string of the molecule is COc1cccc(C=O)c1OCc1ccc(F)cc1C. The monoisotopic (exact) mass is 274 g/mol. The molecule has 0 aliphatic heterocycles. The van der Waals surface area contributed by atoms with Crippen molar-refractivity contribution >= 4 is 6.29 Å². The van der Waals surface area contributed by atoms with E-state index in [0.29, 0.717) is 17.1 Å². The Morgan fingerprint density at radius 2 is 2.05 bits per heavy atom. The fraction of sp³-hybridized carbons (Fsp3) is 0.188. The van der Waals surface area contributed by atoms with Crippen LogP contribution in [0.2, 0.25) is 0 Å². The summed E-state index contributed by atoms with van der Waals surface area (Å²) in [6.07, 6.45) is 0.718. The predicted octanol–water partition coefficient (Wildman–Crippen LogP) is 3.53. The number of ether oxygens (including phenoxy) is 2. The standard InChI is InChI=1S/C16H15FO3/c1-11-8-14(17)7-6-13(11)10-20-16-12(9-18)4-3-5-15(16)19-2/h3-9H,10H2,1-2H3. The van der Waals surface area contributed by atoms with Gasteiger partial charge in [-0.3, -0.25) is 4.79 Å². The molecule has 0 aromatic heterocycles. The van der Waals surface area contributed by atoms with Crippen molar-refractivity contribution in [3.8, 4) is 11.5 Å². The molecule has 104 valence electrons. The normalized spacial score (nSPS) is 10.2. The zero-order chi connectivity index (χ0) is 14.5. The van der Waals surface area contributed by atoms with Gasteiger partial charge in [0.15, 0.2) is 17.8 Å². The zero-order valence-corrected chi connectivity index (χ0v) is 11.4. The molecule has 3 nitrogen and oxygen atoms in total. The van der Waals surface area contributed by atoms with Crippen molar-refractivity contribution in [2.45, 2.75) is 13.5 Å². The first-order valence-electron chi connectivity index (χ1n) is 6.15. The largest absolute Gasteiger partial charge is 0.493 e. The molecule has 0 fully saturated rings. The number of rotatable bonds is 5. The minimum absolute atomic E-state index is 0.243. The number of hydrogen-bond acceptors (Lipinski definition) is 3. The van der Waals surface area contributed by atoms with E-state index in [-0.39, 0.29) is 12.4 Å². The minimum Gasteiger partial charge on any atom is -0.493 e. The van der Waals surface area contributed by atoms with Gasteiger partial charge in [-0.2, -0.15) is 0 Å². The molecule has 0 unspecified atom stereocenters. The molecule has 0 aliphatic rings. The van der Waals surface area contributed by atoms with Crippen molar-refractivity contribution < 1.29 is 18.7 Å². The second kappa shape index (κ2) is 6.19. The van der Waals surface area contributed by atoms with E-state index in [0.717, 1.165) is 17.4 Å². The van der Waals surface area contributed by atoms with Crippen molar-refractivity contribution in [1.29, 1.82) is 0 Å². The lowest BCUT2D eigenvalue weighted by Gasteiger charge is -2.13. The molecule has 0 atom stereocenters. The van der Waals surface area contributed by atoms with Crippen molar-refractivity contribution in [3.05, 3.63) is 58.9 Å². The lowest BCUT2D eigenvalue weighted by Crippen LogP contribution is -2.02. The van der Waals surface area contributed by atoms with E-state index in [1.165, 1.54) is 19.2 Å². The molecule has 0 heterocycles. The first-order valence-corrected chi connectivity index (χ1v) is 6.15. The molecule has 2 aromatic rings. The average molecular weight is 274 g/mol. The van der Waals surface area contributed by atoms with Gasteiger partial charge >= 0.3 is 0 Å². The fourth-order valence-corrected chi connectivity index (χ4v) is 1.91. The van der Waals surface area contributed by atoms with Crippen LogP contribution < -0.4 is 9.47 Å². The number of aldehydes is 1. The number of para-hydroxylation sites is 1. The molecular weight excluding hydrogens is 259 g/mol. The predicted molar refractivity (Wildman–Crippen MR) is 73.9 cm³/mol. The number of methoxy groups -OCH3 is 1. The maximum Gasteiger partial charge on any atom is 0.172 e. The summed E-state index contributed by atoms with van der Waals surface area (Å²) in [5.41, 5.74) is 2.07. The molecule has 0 bridgehead atoms. The molecule has 20 heavy (non-hydrogen) atoms. The van der Waals surface area contributed by atoms with Crippen molar-refractivity contribution in [1.82, 2.24) is 0 Å². The smallest absolute Gasteiger partial charge is 0.172 e. The Morgan fingerprint density at radius 3 is 2.70 bits per heavy atom. The molecule has 4 heteroatoms. The van der Waals surface area contributed by atoms with Crippen molar-refractivity contribution in [3.63, 3.8) is 0 Å². The van der Waals surface area contributed by atoms with Gasteiger partial charge in [0.25, 0.3) is 0 Å². The molecule has 0 amide bonds. The van der Waals surface area contributed by atoms with Gasteiger partial charge in [-0.1, -0.05) is 12.1 Å². The minimum atomic E-state index is -0.280. The lowest BCUT2D eigenvalue weighted by atomic mass is 10.1. The van der Waals surface area contributed by atoms with Crippen LogP contribution in [0.5, 0.6) is 11.5 Å². The third-order valence-corrected chi connectivity index (χ3v) is 3.03. The van der Waals surface area contributed by atoms with Gasteiger partial charge in [0.2, 0.25) is 0 Å². The number of aryl methyl sites for hydroxylation is 1. The molecule has 2 rings (SSSR count). The quantitative estimate of drug-likeness (QED) is 0.782. The Labute approximate surface area is 117 Å². The maximum atomic E-state index is 13.0. The van der Waals surface area contributed by atoms with Crippen molar-refractivity contribution in [2.24, 2.45) is 0 Å². The van der Waals surface area contributed by atoms with Gasteiger partial charge in [-0.15, -0.1) is 0 Å². The molecule has 0 aliphatic carbocycles. The van der Waals surface area contributed by atoms with E-state index < -0.39 is 0 Å². The number of halogens is 1. The Hall–Kier alpha value is -2.36. The highest BCUT2D eigenvalue weighted by Gasteiger charge is 2.11. The summed E-state index contributed by atoms with van der Waals surface area (Å²) < 4.78 is 23.9. The van der Waals surface area contributed by atoms with Gasteiger partial charge in [-0.05, 0) is 42.3 Å². The van der Waals surface area contributed by atoms with Crippen LogP contribution in [0.4, 0.5) is 4.39 Å². The van der Waals surface area contributed by atoms with E-state index in [1.807, 2.05) is 6.92 Å². The molecular formula is C16H15FO3. The average Bonchev–Trinajstić information content (AvgIpc) is 2.46. The number of benzene rings is 2. The van der Waals surface area contributed by atoms with E-state index in [4.69, 9.17) is 9.47 Å². The highest BCUT2D eigenvalue weighted by molar-refractivity contribution is 5.81. The van der Waals surface area contributed by atoms with Crippen LogP contribution in [0.25, 0.3) is 0 Å². The van der Waals surface area contributed by atoms with Crippen LogP contribution >= 0.6 is 0 Å². The Morgan fingerprint density at radius 1 is 1.25 bits per heavy atom. The Kier molecular flexibility index (Phi) is 4.35. The van der Waals surface area contributed by atoms with Crippen LogP contribution in [0.3, 0.4) is 0 Å². The van der Waals surface area contributed by atoms with Crippen LogP contribution in [0.1, 0.15) is 21.5 Å². The van der Waals surface area contributed by atoms with Gasteiger partial charge in [0, 0.05) is 0 Å². The summed E-state index contributed by atoms with van der Waals surface area (Å²) in [5, 5.41) is 0. The fourth-order valence-electron chi connectivity index (χ4n) is 1.91. The summed E-state index contributed by atoms with van der Waals surface area (Å²) >= 11 is 0. The highest BCUT2D eigenvalue weighted by atomic mass is 19.1. The van der Waals surface area contributed by atoms with Gasteiger partial charge in [-0.25, -0.2) is 4.39 Å². The lowest BCUT2D eigenvalue weighted by molar-refractivity contribution is 0.111. The van der Waals surface area contributed by atoms with E-state index in [2.05, 4.69) is 0 Å². The third-order valence-electron chi connectivity index (χ3n) is 3.03. The molecule has 0 saturated heterocycles. The number of carbonyl (C=O) groups is 1. The molecule has 2 aromatic carbocycles. The van der Waals surface area contributed by atoms with E-state index >= 15 is 0 Å². The summed E-state index contributed by atoms with van der Waals surface area (Å²) in [7, 11) is 1.51. The molecule has 0 saturated carbocycles. The third kappa shape index (κ3) is 2.96. The number of carbonyl (C=O) groups excluding carboxylic acids is 1. The second-order valence-electron chi connectivity index (χ2n) is 4.36. The summed E-state index contributed by atoms with van der Waals surface area (Å²) in [6.45, 7) is 2.05. The topological polar surface area (TPSA) is 35.5 Å². The Balaban J connectivity index is 2.24. The zero-order valence-electron chi connectivity index (χ0n) is 11.4. The molecule has 0 spiro atoms. The Bertz CT molecular complexity index is 623. The summed E-state index contributed by atoms with van der Waals surface area (Å²) in [5.74, 6) is 0.611. The molecule has 0 N–H and O–H groups in total. The van der Waals surface area contributed by atoms with E-state index in [9.17, 15) is 9.18 Å². The van der Waals surface area contributed by atoms with Crippen molar-refractivity contribution in [2.75, 3.05) is 7.11 Å². The summed E-state index contributed by atoms with van der Waals surface area (Å²) in [4.78, 5) is 11.0. The first-order chi connectivity index (χ1) is 9.65. The van der Waals surface area contributed by atoms with Gasteiger partial charge in [0.05, 0.1) is 12.7 Å². The number of hydrogen-bond donors (Lipinski definition) is 0. The van der Waals surface area contributed by atoms with Gasteiger partial charge in [0.1, 0.15) is 12.4 Å². The maximum absolute atomic E-state index is 13.0. The molecule has 0 radical (unpaired) electrons. The van der Waals surface area contributed by atoms with E-state index in [1.54, 1.807) is 24.3 Å². The first kappa shape index (κ1) is 14.1. The van der Waals surface area contributed by atoms with Crippen LogP contribution in [-0.2, 0) is 6.61 Å².